The molecule has 2 aromatic carbocycles. The lowest BCUT2D eigenvalue weighted by atomic mass is 9.59. The van der Waals surface area contributed by atoms with Crippen molar-refractivity contribution in [3.63, 3.8) is 0 Å². The Hall–Kier alpha value is -4.04. The van der Waals surface area contributed by atoms with Crippen LogP contribution in [0.2, 0.25) is 0 Å². The molecule has 1 N–H and O–H groups in total. The molecule has 8 heteroatoms. The highest BCUT2D eigenvalue weighted by atomic mass is 79.9. The number of ketones is 2. The first-order valence-electron chi connectivity index (χ1n) is 13.0. The molecule has 1 heterocycles. The Balaban J connectivity index is 1.49. The second kappa shape index (κ2) is 9.55. The molecule has 0 aromatic heterocycles. The maximum absolute atomic E-state index is 14.0. The van der Waals surface area contributed by atoms with Gasteiger partial charge in [0.2, 0.25) is 11.8 Å². The van der Waals surface area contributed by atoms with Crippen LogP contribution in [-0.2, 0) is 19.2 Å². The first-order valence-corrected chi connectivity index (χ1v) is 13.8. The number of hydrogen-bond acceptors (Lipinski definition) is 6. The Morgan fingerprint density at radius 1 is 1.07 bits per heavy atom. The van der Waals surface area contributed by atoms with E-state index < -0.39 is 23.7 Å². The normalized spacial score (nSPS) is 25.7. The molecule has 6 rings (SSSR count). The van der Waals surface area contributed by atoms with Crippen LogP contribution in [0.4, 0.5) is 5.69 Å². The molecule has 1 saturated heterocycles. The minimum absolute atomic E-state index is 0.0812. The summed E-state index contributed by atoms with van der Waals surface area (Å²) in [6.45, 7) is 5.38. The summed E-state index contributed by atoms with van der Waals surface area (Å²) in [6.07, 6.45) is 5.56. The molecule has 0 spiro atoms. The third-order valence-corrected chi connectivity index (χ3v) is 9.16. The molecule has 2 amide bonds. The Morgan fingerprint density at radius 3 is 2.48 bits per heavy atom. The van der Waals surface area contributed by atoms with Gasteiger partial charge in [-0.2, -0.15) is 0 Å². The molecule has 7 nitrogen and oxygen atoms in total. The zero-order valence-electron chi connectivity index (χ0n) is 21.9. The lowest BCUT2D eigenvalue weighted by Crippen LogP contribution is -2.39. The van der Waals surface area contributed by atoms with E-state index in [1.54, 1.807) is 49.4 Å². The van der Waals surface area contributed by atoms with E-state index in [-0.39, 0.29) is 41.3 Å². The number of anilines is 1. The van der Waals surface area contributed by atoms with Crippen LogP contribution in [0.3, 0.4) is 0 Å². The number of ether oxygens (including phenoxy) is 1. The largest absolute Gasteiger partial charge is 0.503 e. The Morgan fingerprint density at radius 2 is 1.80 bits per heavy atom. The van der Waals surface area contributed by atoms with Gasteiger partial charge >= 0.3 is 0 Å². The van der Waals surface area contributed by atoms with E-state index in [0.29, 0.717) is 38.9 Å². The number of hydrogen-bond donors (Lipinski definition) is 1. The summed E-state index contributed by atoms with van der Waals surface area (Å²) in [5.41, 5.74) is 3.97. The van der Waals surface area contributed by atoms with Crippen molar-refractivity contribution in [1.82, 2.24) is 0 Å². The monoisotopic (exact) mass is 599 g/mol. The fraction of sp³-hybridized carbons (Fsp3) is 0.250. The van der Waals surface area contributed by atoms with Gasteiger partial charge in [0.05, 0.1) is 29.1 Å². The summed E-state index contributed by atoms with van der Waals surface area (Å²) in [5.74, 6) is -3.21. The zero-order chi connectivity index (χ0) is 28.5. The minimum atomic E-state index is -0.666. The average Bonchev–Trinajstić information content (AvgIpc) is 3.21. The predicted octanol–water partition coefficient (Wildman–Crippen LogP) is 5.44. The maximum atomic E-state index is 14.0. The second-order valence-electron chi connectivity index (χ2n) is 10.6. The molecule has 202 valence electrons. The number of halogens is 1. The van der Waals surface area contributed by atoms with E-state index in [1.165, 1.54) is 18.1 Å². The highest BCUT2D eigenvalue weighted by molar-refractivity contribution is 9.10. The van der Waals surface area contributed by atoms with Crippen molar-refractivity contribution in [2.75, 3.05) is 12.0 Å². The number of imide groups is 1. The number of rotatable bonds is 4. The fourth-order valence-corrected chi connectivity index (χ4v) is 7.13. The number of allylic oxidation sites excluding steroid dienone is 6. The Bertz CT molecular complexity index is 1630. The van der Waals surface area contributed by atoms with Crippen LogP contribution < -0.4 is 9.64 Å². The molecule has 0 bridgehead atoms. The molecule has 0 saturated carbocycles. The van der Waals surface area contributed by atoms with Crippen LogP contribution in [0.25, 0.3) is 6.08 Å². The predicted molar refractivity (Wildman–Crippen MR) is 153 cm³/mol. The van der Waals surface area contributed by atoms with E-state index in [9.17, 15) is 24.3 Å². The van der Waals surface area contributed by atoms with Crippen LogP contribution in [0.15, 0.2) is 81.9 Å². The lowest BCUT2D eigenvalue weighted by Gasteiger charge is -2.42. The van der Waals surface area contributed by atoms with Crippen LogP contribution in [-0.4, -0.2) is 35.6 Å². The van der Waals surface area contributed by atoms with Crippen LogP contribution >= 0.6 is 15.9 Å². The molecule has 0 radical (unpaired) electrons. The van der Waals surface area contributed by atoms with Gasteiger partial charge in [0, 0.05) is 22.6 Å². The van der Waals surface area contributed by atoms with Crippen LogP contribution in [0.5, 0.6) is 11.5 Å². The van der Waals surface area contributed by atoms with Crippen molar-refractivity contribution in [3.05, 3.63) is 93.0 Å². The Labute approximate surface area is 239 Å². The first kappa shape index (κ1) is 26.2. The third-order valence-electron chi connectivity index (χ3n) is 8.56. The molecule has 4 aliphatic rings. The number of benzene rings is 2. The van der Waals surface area contributed by atoms with E-state index in [2.05, 4.69) is 22.5 Å². The van der Waals surface area contributed by atoms with Crippen molar-refractivity contribution in [3.8, 4) is 11.5 Å². The van der Waals surface area contributed by atoms with E-state index >= 15 is 0 Å². The number of phenols is 1. The first-order chi connectivity index (χ1) is 19.2. The number of amides is 2. The molecule has 4 unspecified atom stereocenters. The maximum Gasteiger partial charge on any atom is 0.238 e. The summed E-state index contributed by atoms with van der Waals surface area (Å²) in [6, 6.07) is 10.5. The summed E-state index contributed by atoms with van der Waals surface area (Å²) < 4.78 is 5.77. The van der Waals surface area contributed by atoms with Crippen molar-refractivity contribution in [2.24, 2.45) is 17.8 Å². The molecule has 3 aliphatic carbocycles. The Kier molecular flexibility index (Phi) is 6.26. The second-order valence-corrected chi connectivity index (χ2v) is 11.4. The topological polar surface area (TPSA) is 101 Å². The number of Topliss-reactive ketones (excluding diaryl/α,β-unsaturated/α-hetero) is 1. The van der Waals surface area contributed by atoms with Gasteiger partial charge in [-0.1, -0.05) is 36.4 Å². The molecule has 4 atom stereocenters. The van der Waals surface area contributed by atoms with Gasteiger partial charge in [-0.25, -0.2) is 0 Å². The summed E-state index contributed by atoms with van der Waals surface area (Å²) in [5, 5.41) is 10.5. The minimum Gasteiger partial charge on any atom is -0.503 e. The number of methoxy groups -OCH3 is 1. The van der Waals surface area contributed by atoms with E-state index in [4.69, 9.17) is 4.74 Å². The lowest BCUT2D eigenvalue weighted by molar-refractivity contribution is -0.123. The molecular weight excluding hydrogens is 574 g/mol. The summed E-state index contributed by atoms with van der Waals surface area (Å²) in [7, 11) is 1.44. The number of aromatic hydroxyl groups is 1. The average molecular weight is 600 g/mol. The molecular formula is C32H26BrNO6. The van der Waals surface area contributed by atoms with Gasteiger partial charge in [0.25, 0.3) is 0 Å². The zero-order valence-corrected chi connectivity index (χ0v) is 23.5. The van der Waals surface area contributed by atoms with Gasteiger partial charge in [-0.05, 0) is 83.1 Å². The van der Waals surface area contributed by atoms with Gasteiger partial charge < -0.3 is 9.84 Å². The summed E-state index contributed by atoms with van der Waals surface area (Å²) in [4.78, 5) is 55.7. The number of carbonyl (C=O) groups excluding carboxylic acids is 4. The van der Waals surface area contributed by atoms with Crippen molar-refractivity contribution in [1.29, 1.82) is 0 Å². The van der Waals surface area contributed by atoms with E-state index in [0.717, 1.165) is 11.1 Å². The molecule has 1 fully saturated rings. The molecule has 2 aromatic rings. The van der Waals surface area contributed by atoms with Crippen molar-refractivity contribution >= 4 is 51.1 Å². The fourth-order valence-electron chi connectivity index (χ4n) is 6.67. The van der Waals surface area contributed by atoms with Gasteiger partial charge in [-0.15, -0.1) is 0 Å². The van der Waals surface area contributed by atoms with Gasteiger partial charge in [-0.3, -0.25) is 24.1 Å². The van der Waals surface area contributed by atoms with E-state index in [1.807, 2.05) is 6.08 Å². The van der Waals surface area contributed by atoms with Gasteiger partial charge in [0.1, 0.15) is 0 Å². The number of carbonyl (C=O) groups is 4. The quantitative estimate of drug-likeness (QED) is 0.285. The third kappa shape index (κ3) is 3.77. The van der Waals surface area contributed by atoms with Crippen LogP contribution in [0, 0.1) is 17.8 Å². The molecule has 40 heavy (non-hydrogen) atoms. The number of fused-ring (bicyclic) bond motifs is 3. The highest BCUT2D eigenvalue weighted by Crippen LogP contribution is 2.56. The number of phenolic OH excluding ortho intramolecular Hbond substituents is 1. The van der Waals surface area contributed by atoms with Crippen LogP contribution in [0.1, 0.15) is 36.8 Å². The number of nitrogens with zero attached hydrogens (tertiary/aromatic N) is 1. The molecule has 1 aliphatic heterocycles. The smallest absolute Gasteiger partial charge is 0.238 e. The standard InChI is InChI=1S/C32H26BrNO6/c1-4-16-5-7-18(8-6-16)34-31(38)20-10-9-19-21(27(20)32(34)39)14-22-24(35)11-15(2)29(36)28(22)26(19)17-12-23(33)30(37)25(13-17)40-3/h4-9,11-13,20-21,26-27,37H,1,10,14H2,2-3H3. The highest BCUT2D eigenvalue weighted by Gasteiger charge is 2.56. The van der Waals surface area contributed by atoms with Crippen molar-refractivity contribution in [2.45, 2.75) is 25.7 Å². The summed E-state index contributed by atoms with van der Waals surface area (Å²) >= 11 is 3.39. The van der Waals surface area contributed by atoms with Crippen molar-refractivity contribution < 1.29 is 29.0 Å². The van der Waals surface area contributed by atoms with Gasteiger partial charge in [0.15, 0.2) is 23.1 Å². The SMILES string of the molecule is C=Cc1ccc(N2C(=O)C3CC=C4C(c5cc(Br)c(O)c(OC)c5)C5=C(CC4C3C2=O)C(=O)C=C(C)C5=O)cc1.